The number of ether oxygens (including phenoxy) is 1. The summed E-state index contributed by atoms with van der Waals surface area (Å²) in [7, 11) is 5.59. The first-order chi connectivity index (χ1) is 11.1. The number of benzene rings is 1. The summed E-state index contributed by atoms with van der Waals surface area (Å²) < 4.78 is 5.30. The van der Waals surface area contributed by atoms with Crippen LogP contribution in [0.3, 0.4) is 0 Å². The predicted octanol–water partition coefficient (Wildman–Crippen LogP) is 3.32. The number of hydrogen-bond acceptors (Lipinski definition) is 3. The summed E-state index contributed by atoms with van der Waals surface area (Å²) in [5.74, 6) is 1.83. The number of likely N-dealkylation sites (N-methyl/N-ethyl adjacent to an activating group) is 1. The zero-order valence-corrected chi connectivity index (χ0v) is 15.1. The first-order valence-corrected chi connectivity index (χ1v) is 8.59. The first-order valence-electron chi connectivity index (χ1n) is 7.71. The van der Waals surface area contributed by atoms with E-state index in [9.17, 15) is 0 Å². The third kappa shape index (κ3) is 4.99. The van der Waals surface area contributed by atoms with Gasteiger partial charge in [-0.05, 0) is 42.0 Å². The van der Waals surface area contributed by atoms with Crippen LogP contribution >= 0.6 is 11.3 Å². The van der Waals surface area contributed by atoms with E-state index >= 15 is 0 Å². The van der Waals surface area contributed by atoms with E-state index in [4.69, 9.17) is 4.74 Å². The Bertz CT molecular complexity index is 638. The summed E-state index contributed by atoms with van der Waals surface area (Å²) in [5.41, 5.74) is 2.36. The fourth-order valence-corrected chi connectivity index (χ4v) is 3.15. The molecule has 0 aliphatic heterocycles. The molecule has 23 heavy (non-hydrogen) atoms. The van der Waals surface area contributed by atoms with Crippen LogP contribution in [0.4, 0.5) is 0 Å². The van der Waals surface area contributed by atoms with Crippen molar-refractivity contribution in [3.05, 3.63) is 51.7 Å². The van der Waals surface area contributed by atoms with Gasteiger partial charge in [0, 0.05) is 32.1 Å². The monoisotopic (exact) mass is 331 g/mol. The van der Waals surface area contributed by atoms with E-state index in [1.54, 1.807) is 18.4 Å². The van der Waals surface area contributed by atoms with E-state index in [0.717, 1.165) is 36.8 Å². The van der Waals surface area contributed by atoms with E-state index in [1.165, 1.54) is 10.4 Å². The molecule has 0 aliphatic carbocycles. The molecule has 1 aromatic carbocycles. The van der Waals surface area contributed by atoms with Crippen molar-refractivity contribution in [2.75, 3.05) is 27.7 Å². The Morgan fingerprint density at radius 2 is 2.17 bits per heavy atom. The highest BCUT2D eigenvalue weighted by Crippen LogP contribution is 2.18. The second-order valence-corrected chi connectivity index (χ2v) is 6.49. The zero-order valence-electron chi connectivity index (χ0n) is 14.3. The fraction of sp³-hybridized carbons (Fsp3) is 0.389. The Labute approximate surface area is 142 Å². The fourth-order valence-electron chi connectivity index (χ4n) is 2.45. The smallest absolute Gasteiger partial charge is 0.193 e. The van der Waals surface area contributed by atoms with Crippen LogP contribution in [0.15, 0.2) is 40.7 Å². The van der Waals surface area contributed by atoms with Crippen molar-refractivity contribution >= 4 is 17.3 Å². The van der Waals surface area contributed by atoms with Crippen molar-refractivity contribution < 1.29 is 4.74 Å². The molecule has 1 heterocycles. The summed E-state index contributed by atoms with van der Waals surface area (Å²) in [5, 5.41) is 5.54. The molecule has 0 amide bonds. The maximum Gasteiger partial charge on any atom is 0.193 e. The average molecular weight is 331 g/mol. The molecule has 0 unspecified atom stereocenters. The molecule has 0 spiro atoms. The topological polar surface area (TPSA) is 36.9 Å². The van der Waals surface area contributed by atoms with Gasteiger partial charge in [0.2, 0.25) is 0 Å². The van der Waals surface area contributed by atoms with Crippen molar-refractivity contribution in [1.29, 1.82) is 0 Å². The highest BCUT2D eigenvalue weighted by Gasteiger charge is 2.07. The Kier molecular flexibility index (Phi) is 6.47. The average Bonchev–Trinajstić information content (AvgIpc) is 3.07. The molecule has 0 fully saturated rings. The normalized spacial score (nSPS) is 11.4. The second-order valence-electron chi connectivity index (χ2n) is 5.46. The third-order valence-corrected chi connectivity index (χ3v) is 4.69. The number of methoxy groups -OCH3 is 1. The van der Waals surface area contributed by atoms with Gasteiger partial charge in [0.15, 0.2) is 5.96 Å². The Morgan fingerprint density at radius 3 is 2.78 bits per heavy atom. The SMILES string of the molecule is CN=C(NCc1ccc(OC)c(C)c1)N(C)CCc1cccs1. The third-order valence-electron chi connectivity index (χ3n) is 3.76. The predicted molar refractivity (Wildman–Crippen MR) is 98.6 cm³/mol. The van der Waals surface area contributed by atoms with Crippen molar-refractivity contribution in [3.8, 4) is 5.75 Å². The number of thiophene rings is 1. The minimum Gasteiger partial charge on any atom is -0.496 e. The van der Waals surface area contributed by atoms with E-state index in [1.807, 2.05) is 13.1 Å². The number of guanidine groups is 1. The molecular weight excluding hydrogens is 306 g/mol. The highest BCUT2D eigenvalue weighted by molar-refractivity contribution is 7.09. The van der Waals surface area contributed by atoms with Crippen molar-refractivity contribution in [1.82, 2.24) is 10.2 Å². The van der Waals surface area contributed by atoms with Crippen molar-refractivity contribution in [3.63, 3.8) is 0 Å². The molecular formula is C18H25N3OS. The lowest BCUT2D eigenvalue weighted by Gasteiger charge is -2.22. The molecule has 0 bridgehead atoms. The number of rotatable bonds is 6. The number of aryl methyl sites for hydroxylation is 1. The lowest BCUT2D eigenvalue weighted by Crippen LogP contribution is -2.39. The van der Waals surface area contributed by atoms with Gasteiger partial charge in [0.25, 0.3) is 0 Å². The summed E-state index contributed by atoms with van der Waals surface area (Å²) in [6, 6.07) is 10.5. The molecule has 0 atom stereocenters. The van der Waals surface area contributed by atoms with Crippen LogP contribution in [-0.2, 0) is 13.0 Å². The van der Waals surface area contributed by atoms with Crippen LogP contribution in [0.25, 0.3) is 0 Å². The van der Waals surface area contributed by atoms with Crippen LogP contribution in [0, 0.1) is 6.92 Å². The molecule has 0 saturated heterocycles. The Balaban J connectivity index is 1.87. The number of nitrogens with zero attached hydrogens (tertiary/aromatic N) is 2. The lowest BCUT2D eigenvalue weighted by molar-refractivity contribution is 0.411. The zero-order chi connectivity index (χ0) is 16.7. The van der Waals surface area contributed by atoms with Gasteiger partial charge < -0.3 is 15.0 Å². The van der Waals surface area contributed by atoms with Crippen LogP contribution in [0.2, 0.25) is 0 Å². The van der Waals surface area contributed by atoms with Gasteiger partial charge in [-0.2, -0.15) is 0 Å². The van der Waals surface area contributed by atoms with E-state index in [2.05, 4.69) is 58.8 Å². The molecule has 2 rings (SSSR count). The minimum absolute atomic E-state index is 0.751. The molecule has 4 nitrogen and oxygen atoms in total. The first kappa shape index (κ1) is 17.3. The van der Waals surface area contributed by atoms with Crippen LogP contribution in [0.1, 0.15) is 16.0 Å². The number of hydrogen-bond donors (Lipinski definition) is 1. The Morgan fingerprint density at radius 1 is 1.35 bits per heavy atom. The van der Waals surface area contributed by atoms with Gasteiger partial charge in [-0.3, -0.25) is 4.99 Å². The summed E-state index contributed by atoms with van der Waals surface area (Å²) in [6.45, 7) is 3.76. The largest absolute Gasteiger partial charge is 0.496 e. The number of nitrogens with one attached hydrogen (secondary N) is 1. The molecule has 1 N–H and O–H groups in total. The van der Waals surface area contributed by atoms with Crippen LogP contribution < -0.4 is 10.1 Å². The highest BCUT2D eigenvalue weighted by atomic mass is 32.1. The van der Waals surface area contributed by atoms with Gasteiger partial charge in [0.1, 0.15) is 5.75 Å². The van der Waals surface area contributed by atoms with E-state index in [0.29, 0.717) is 0 Å². The molecule has 0 aliphatic rings. The molecule has 0 saturated carbocycles. The van der Waals surface area contributed by atoms with E-state index in [-0.39, 0.29) is 0 Å². The molecule has 0 radical (unpaired) electrons. The maximum atomic E-state index is 5.30. The van der Waals surface area contributed by atoms with Crippen LogP contribution in [-0.4, -0.2) is 38.6 Å². The van der Waals surface area contributed by atoms with Gasteiger partial charge in [-0.15, -0.1) is 11.3 Å². The summed E-state index contributed by atoms with van der Waals surface area (Å²) in [4.78, 5) is 7.93. The standard InChI is InChI=1S/C18H25N3OS/c1-14-12-15(7-8-17(14)22-4)13-20-18(19-2)21(3)10-9-16-6-5-11-23-16/h5-8,11-12H,9-10,13H2,1-4H3,(H,19,20). The quantitative estimate of drug-likeness (QED) is 0.652. The van der Waals surface area contributed by atoms with Crippen molar-refractivity contribution in [2.45, 2.75) is 19.9 Å². The van der Waals surface area contributed by atoms with Gasteiger partial charge in [-0.25, -0.2) is 0 Å². The lowest BCUT2D eigenvalue weighted by atomic mass is 10.1. The number of aliphatic imine (C=N–C) groups is 1. The van der Waals surface area contributed by atoms with Gasteiger partial charge in [-0.1, -0.05) is 18.2 Å². The van der Waals surface area contributed by atoms with E-state index < -0.39 is 0 Å². The second kappa shape index (κ2) is 8.58. The summed E-state index contributed by atoms with van der Waals surface area (Å²) in [6.07, 6.45) is 1.04. The molecule has 5 heteroatoms. The van der Waals surface area contributed by atoms with Gasteiger partial charge >= 0.3 is 0 Å². The maximum absolute atomic E-state index is 5.30. The minimum atomic E-state index is 0.751. The van der Waals surface area contributed by atoms with Gasteiger partial charge in [0.05, 0.1) is 7.11 Å². The summed E-state index contributed by atoms with van der Waals surface area (Å²) >= 11 is 1.80. The van der Waals surface area contributed by atoms with Crippen LogP contribution in [0.5, 0.6) is 5.75 Å². The molecule has 124 valence electrons. The van der Waals surface area contributed by atoms with Crippen molar-refractivity contribution in [2.24, 2.45) is 4.99 Å². The molecule has 1 aromatic heterocycles. The molecule has 2 aromatic rings. The Hall–Kier alpha value is -2.01.